The van der Waals surface area contributed by atoms with Crippen molar-refractivity contribution in [1.29, 1.82) is 0 Å². The fraction of sp³-hybridized carbons (Fsp3) is 0.600. The molecular weight excluding hydrogens is 176 g/mol. The standard InChI is InChI=1S/C10H16N4/c1-8-10(6-12-7-13-8)14-4-2-9(11)3-5-14/h6-7,9H,2-5,11H2,1H3. The quantitative estimate of drug-likeness (QED) is 0.712. The van der Waals surface area contributed by atoms with Crippen LogP contribution in [0.5, 0.6) is 0 Å². The molecule has 1 fully saturated rings. The van der Waals surface area contributed by atoms with Crippen molar-refractivity contribution in [3.05, 3.63) is 18.2 Å². The molecule has 4 heteroatoms. The molecule has 0 radical (unpaired) electrons. The summed E-state index contributed by atoms with van der Waals surface area (Å²) in [6.07, 6.45) is 5.61. The predicted molar refractivity (Wildman–Crippen MR) is 56.2 cm³/mol. The highest BCUT2D eigenvalue weighted by Gasteiger charge is 2.17. The van der Waals surface area contributed by atoms with E-state index in [4.69, 9.17) is 5.73 Å². The van der Waals surface area contributed by atoms with Gasteiger partial charge in [0.25, 0.3) is 0 Å². The van der Waals surface area contributed by atoms with Crippen molar-refractivity contribution in [2.45, 2.75) is 25.8 Å². The molecule has 0 amide bonds. The lowest BCUT2D eigenvalue weighted by molar-refractivity contribution is 0.500. The average Bonchev–Trinajstić information content (AvgIpc) is 2.20. The minimum Gasteiger partial charge on any atom is -0.369 e. The molecule has 1 saturated heterocycles. The number of anilines is 1. The summed E-state index contributed by atoms with van der Waals surface area (Å²) in [5.41, 5.74) is 8.06. The number of hydrogen-bond acceptors (Lipinski definition) is 4. The summed E-state index contributed by atoms with van der Waals surface area (Å²) >= 11 is 0. The van der Waals surface area contributed by atoms with E-state index < -0.39 is 0 Å². The maximum Gasteiger partial charge on any atom is 0.115 e. The van der Waals surface area contributed by atoms with E-state index in [9.17, 15) is 0 Å². The van der Waals surface area contributed by atoms with E-state index in [0.29, 0.717) is 6.04 Å². The van der Waals surface area contributed by atoms with Crippen molar-refractivity contribution in [1.82, 2.24) is 9.97 Å². The Kier molecular flexibility index (Phi) is 2.63. The van der Waals surface area contributed by atoms with Gasteiger partial charge in [-0.25, -0.2) is 9.97 Å². The van der Waals surface area contributed by atoms with E-state index in [1.807, 2.05) is 13.1 Å². The van der Waals surface area contributed by atoms with Crippen molar-refractivity contribution in [3.8, 4) is 0 Å². The lowest BCUT2D eigenvalue weighted by Crippen LogP contribution is -2.40. The van der Waals surface area contributed by atoms with Gasteiger partial charge in [-0.15, -0.1) is 0 Å². The van der Waals surface area contributed by atoms with E-state index >= 15 is 0 Å². The first-order valence-corrected chi connectivity index (χ1v) is 5.04. The van der Waals surface area contributed by atoms with Crippen LogP contribution in [0.25, 0.3) is 0 Å². The van der Waals surface area contributed by atoms with E-state index in [1.54, 1.807) is 6.33 Å². The highest BCUT2D eigenvalue weighted by atomic mass is 15.2. The second-order valence-electron chi connectivity index (χ2n) is 3.82. The molecule has 2 N–H and O–H groups in total. The van der Waals surface area contributed by atoms with Gasteiger partial charge in [-0.3, -0.25) is 0 Å². The van der Waals surface area contributed by atoms with Gasteiger partial charge >= 0.3 is 0 Å². The summed E-state index contributed by atoms with van der Waals surface area (Å²) in [7, 11) is 0. The largest absolute Gasteiger partial charge is 0.369 e. The van der Waals surface area contributed by atoms with Crippen LogP contribution in [0.3, 0.4) is 0 Å². The Morgan fingerprint density at radius 2 is 2.14 bits per heavy atom. The van der Waals surface area contributed by atoms with Gasteiger partial charge in [-0.05, 0) is 19.8 Å². The molecule has 4 nitrogen and oxygen atoms in total. The Morgan fingerprint density at radius 3 is 2.79 bits per heavy atom. The van der Waals surface area contributed by atoms with Crippen molar-refractivity contribution >= 4 is 5.69 Å². The second-order valence-corrected chi connectivity index (χ2v) is 3.82. The number of hydrogen-bond donors (Lipinski definition) is 1. The topological polar surface area (TPSA) is 55.0 Å². The lowest BCUT2D eigenvalue weighted by Gasteiger charge is -2.32. The molecule has 2 heterocycles. The summed E-state index contributed by atoms with van der Waals surface area (Å²) in [6, 6.07) is 0.371. The van der Waals surface area contributed by atoms with Gasteiger partial charge in [0, 0.05) is 19.1 Å². The van der Waals surface area contributed by atoms with E-state index in [2.05, 4.69) is 14.9 Å². The molecule has 1 aromatic rings. The fourth-order valence-corrected chi connectivity index (χ4v) is 1.83. The lowest BCUT2D eigenvalue weighted by atomic mass is 10.1. The van der Waals surface area contributed by atoms with Gasteiger partial charge in [0.1, 0.15) is 6.33 Å². The molecular formula is C10H16N4. The van der Waals surface area contributed by atoms with Crippen LogP contribution in [0.2, 0.25) is 0 Å². The second kappa shape index (κ2) is 3.92. The molecule has 14 heavy (non-hydrogen) atoms. The molecule has 0 bridgehead atoms. The first kappa shape index (κ1) is 9.40. The van der Waals surface area contributed by atoms with Gasteiger partial charge in [0.15, 0.2) is 0 Å². The average molecular weight is 192 g/mol. The monoisotopic (exact) mass is 192 g/mol. The van der Waals surface area contributed by atoms with E-state index in [-0.39, 0.29) is 0 Å². The SMILES string of the molecule is Cc1ncncc1N1CCC(N)CC1. The number of aromatic nitrogens is 2. The first-order valence-electron chi connectivity index (χ1n) is 5.04. The zero-order chi connectivity index (χ0) is 9.97. The molecule has 1 aromatic heterocycles. The molecule has 1 aliphatic rings. The molecule has 0 unspecified atom stereocenters. The Bertz CT molecular complexity index is 305. The Balaban J connectivity index is 2.12. The third kappa shape index (κ3) is 1.85. The van der Waals surface area contributed by atoms with Crippen molar-refractivity contribution in [2.24, 2.45) is 5.73 Å². The van der Waals surface area contributed by atoms with Crippen LogP contribution in [0.4, 0.5) is 5.69 Å². The minimum absolute atomic E-state index is 0.371. The van der Waals surface area contributed by atoms with Crippen LogP contribution in [-0.2, 0) is 0 Å². The Hall–Kier alpha value is -1.16. The minimum atomic E-state index is 0.371. The van der Waals surface area contributed by atoms with Crippen LogP contribution >= 0.6 is 0 Å². The van der Waals surface area contributed by atoms with E-state index in [1.165, 1.54) is 0 Å². The van der Waals surface area contributed by atoms with E-state index in [0.717, 1.165) is 37.3 Å². The van der Waals surface area contributed by atoms with Crippen molar-refractivity contribution in [2.75, 3.05) is 18.0 Å². The molecule has 0 aromatic carbocycles. The van der Waals surface area contributed by atoms with Crippen molar-refractivity contribution < 1.29 is 0 Å². The number of aryl methyl sites for hydroxylation is 1. The van der Waals surface area contributed by atoms with Gasteiger partial charge in [-0.1, -0.05) is 0 Å². The Morgan fingerprint density at radius 1 is 1.43 bits per heavy atom. The number of nitrogens with zero attached hydrogens (tertiary/aromatic N) is 3. The summed E-state index contributed by atoms with van der Waals surface area (Å²) < 4.78 is 0. The number of rotatable bonds is 1. The molecule has 2 rings (SSSR count). The molecule has 0 atom stereocenters. The highest BCUT2D eigenvalue weighted by Crippen LogP contribution is 2.20. The van der Waals surface area contributed by atoms with Crippen LogP contribution in [-0.4, -0.2) is 29.1 Å². The fourth-order valence-electron chi connectivity index (χ4n) is 1.83. The first-order chi connectivity index (χ1) is 6.77. The van der Waals surface area contributed by atoms with Gasteiger partial charge in [-0.2, -0.15) is 0 Å². The van der Waals surface area contributed by atoms with Crippen LogP contribution in [0, 0.1) is 6.92 Å². The zero-order valence-electron chi connectivity index (χ0n) is 8.48. The molecule has 1 aliphatic heterocycles. The normalized spacial score (nSPS) is 18.6. The van der Waals surface area contributed by atoms with Gasteiger partial charge in [0.05, 0.1) is 17.6 Å². The van der Waals surface area contributed by atoms with Crippen LogP contribution in [0.1, 0.15) is 18.5 Å². The summed E-state index contributed by atoms with van der Waals surface area (Å²) in [5.74, 6) is 0. The van der Waals surface area contributed by atoms with Gasteiger partial charge in [0.2, 0.25) is 0 Å². The Labute approximate surface area is 84.2 Å². The molecule has 76 valence electrons. The summed E-state index contributed by atoms with van der Waals surface area (Å²) in [6.45, 7) is 4.07. The molecule has 0 spiro atoms. The van der Waals surface area contributed by atoms with Crippen molar-refractivity contribution in [3.63, 3.8) is 0 Å². The smallest absolute Gasteiger partial charge is 0.115 e. The van der Waals surface area contributed by atoms with Crippen LogP contribution in [0.15, 0.2) is 12.5 Å². The highest BCUT2D eigenvalue weighted by molar-refractivity contribution is 5.48. The third-order valence-corrected chi connectivity index (χ3v) is 2.77. The molecule has 0 saturated carbocycles. The maximum absolute atomic E-state index is 5.86. The number of nitrogens with two attached hydrogens (primary N) is 1. The number of piperidine rings is 1. The zero-order valence-corrected chi connectivity index (χ0v) is 8.48. The third-order valence-electron chi connectivity index (χ3n) is 2.77. The van der Waals surface area contributed by atoms with Crippen LogP contribution < -0.4 is 10.6 Å². The van der Waals surface area contributed by atoms with Gasteiger partial charge < -0.3 is 10.6 Å². The predicted octanol–water partition coefficient (Wildman–Crippen LogP) is 0.713. The molecule has 0 aliphatic carbocycles. The summed E-state index contributed by atoms with van der Waals surface area (Å²) in [4.78, 5) is 10.6. The maximum atomic E-state index is 5.86. The summed E-state index contributed by atoms with van der Waals surface area (Å²) in [5, 5.41) is 0.